The maximum Gasteiger partial charge on any atom is 0.237 e. The average molecular weight is 382 g/mol. The largest absolute Gasteiger partial charge is 0.491 e. The fourth-order valence-electron chi connectivity index (χ4n) is 3.46. The van der Waals surface area contributed by atoms with Crippen molar-refractivity contribution in [3.63, 3.8) is 0 Å². The molecule has 1 saturated heterocycles. The molecule has 5 nitrogen and oxygen atoms in total. The van der Waals surface area contributed by atoms with E-state index in [9.17, 15) is 4.79 Å². The van der Waals surface area contributed by atoms with Crippen molar-refractivity contribution >= 4 is 17.5 Å². The maximum atomic E-state index is 12.6. The molecule has 1 amide bonds. The number of carbonyl (C=O) groups excluding carboxylic acids is 1. The Morgan fingerprint density at radius 2 is 1.65 bits per heavy atom. The summed E-state index contributed by atoms with van der Waals surface area (Å²) in [5.41, 5.74) is 0. The quantitative estimate of drug-likeness (QED) is 0.693. The zero-order valence-corrected chi connectivity index (χ0v) is 17.2. The van der Waals surface area contributed by atoms with Crippen molar-refractivity contribution in [2.45, 2.75) is 39.8 Å². The lowest BCUT2D eigenvalue weighted by Crippen LogP contribution is -2.52. The minimum absolute atomic E-state index is 0.227. The van der Waals surface area contributed by atoms with Crippen LogP contribution in [0.15, 0.2) is 24.3 Å². The third-order valence-electron chi connectivity index (χ3n) is 4.73. The number of nitrogens with zero attached hydrogens (tertiary/aromatic N) is 3. The molecule has 0 aliphatic carbocycles. The fraction of sp³-hybridized carbons (Fsp3) is 0.650. The predicted molar refractivity (Wildman–Crippen MR) is 107 cm³/mol. The molecule has 1 heterocycles. The second kappa shape index (κ2) is 10.1. The van der Waals surface area contributed by atoms with E-state index >= 15 is 0 Å². The van der Waals surface area contributed by atoms with E-state index in [4.69, 9.17) is 16.3 Å². The van der Waals surface area contributed by atoms with Gasteiger partial charge >= 0.3 is 0 Å². The van der Waals surface area contributed by atoms with Crippen LogP contribution >= 0.6 is 11.6 Å². The molecule has 26 heavy (non-hydrogen) atoms. The van der Waals surface area contributed by atoms with Crippen molar-refractivity contribution in [2.24, 2.45) is 0 Å². The second-order valence-corrected chi connectivity index (χ2v) is 7.79. The summed E-state index contributed by atoms with van der Waals surface area (Å²) >= 11 is 6.10. The average Bonchev–Trinajstić information content (AvgIpc) is 2.57. The number of ether oxygens (including phenoxy) is 1. The third kappa shape index (κ3) is 6.15. The van der Waals surface area contributed by atoms with Gasteiger partial charge in [-0.2, -0.15) is 0 Å². The van der Waals surface area contributed by atoms with Crippen LogP contribution in [0.2, 0.25) is 5.02 Å². The smallest absolute Gasteiger partial charge is 0.237 e. The van der Waals surface area contributed by atoms with Gasteiger partial charge < -0.3 is 9.64 Å². The number of rotatable bonds is 8. The van der Waals surface area contributed by atoms with Crippen molar-refractivity contribution in [3.05, 3.63) is 29.3 Å². The van der Waals surface area contributed by atoms with E-state index in [0.29, 0.717) is 18.2 Å². The van der Waals surface area contributed by atoms with Crippen LogP contribution in [0, 0.1) is 0 Å². The Morgan fingerprint density at radius 1 is 1.08 bits per heavy atom. The van der Waals surface area contributed by atoms with E-state index in [1.54, 1.807) is 0 Å². The minimum Gasteiger partial charge on any atom is -0.491 e. The first-order valence-corrected chi connectivity index (χ1v) is 9.89. The summed E-state index contributed by atoms with van der Waals surface area (Å²) in [6.07, 6.45) is 0. The maximum absolute atomic E-state index is 12.6. The van der Waals surface area contributed by atoms with Gasteiger partial charge in [-0.3, -0.25) is 14.6 Å². The van der Waals surface area contributed by atoms with Crippen LogP contribution in [0.5, 0.6) is 5.75 Å². The standard InChI is InChI=1S/C20H32ClN3O2/c1-16(2)24(17(3)4)20(25)15-23-11-9-22(10-12-23)13-14-26-19-8-6-5-7-18(19)21/h5-8,16-17H,9-15H2,1-4H3. The van der Waals surface area contributed by atoms with Crippen molar-refractivity contribution in [2.75, 3.05) is 45.9 Å². The van der Waals surface area contributed by atoms with E-state index in [1.165, 1.54) is 0 Å². The Morgan fingerprint density at radius 3 is 2.23 bits per heavy atom. The summed E-state index contributed by atoms with van der Waals surface area (Å²) in [5, 5.41) is 0.649. The monoisotopic (exact) mass is 381 g/mol. The zero-order valence-electron chi connectivity index (χ0n) is 16.4. The molecule has 1 aromatic carbocycles. The van der Waals surface area contributed by atoms with Crippen LogP contribution in [0.4, 0.5) is 0 Å². The molecule has 1 aliphatic rings. The van der Waals surface area contributed by atoms with Crippen LogP contribution in [-0.4, -0.2) is 78.6 Å². The van der Waals surface area contributed by atoms with Gasteiger partial charge in [0.2, 0.25) is 5.91 Å². The first-order valence-electron chi connectivity index (χ1n) is 9.51. The molecule has 1 aromatic rings. The zero-order chi connectivity index (χ0) is 19.1. The number of hydrogen-bond donors (Lipinski definition) is 0. The summed E-state index contributed by atoms with van der Waals surface area (Å²) in [5.74, 6) is 0.964. The molecule has 1 aliphatic heterocycles. The number of amides is 1. The molecule has 0 atom stereocenters. The number of piperazine rings is 1. The highest BCUT2D eigenvalue weighted by Gasteiger charge is 2.24. The van der Waals surface area contributed by atoms with E-state index in [1.807, 2.05) is 29.2 Å². The summed E-state index contributed by atoms with van der Waals surface area (Å²) in [6, 6.07) is 8.03. The van der Waals surface area contributed by atoms with Gasteiger partial charge in [-0.1, -0.05) is 23.7 Å². The van der Waals surface area contributed by atoms with Gasteiger partial charge in [-0.05, 0) is 39.8 Å². The molecule has 0 spiro atoms. The molecule has 0 radical (unpaired) electrons. The van der Waals surface area contributed by atoms with E-state index in [-0.39, 0.29) is 18.0 Å². The Bertz CT molecular complexity index is 564. The lowest BCUT2D eigenvalue weighted by molar-refractivity contribution is -0.136. The highest BCUT2D eigenvalue weighted by atomic mass is 35.5. The Hall–Kier alpha value is -1.30. The van der Waals surface area contributed by atoms with Crippen molar-refractivity contribution in [1.82, 2.24) is 14.7 Å². The molecular weight excluding hydrogens is 350 g/mol. The number of benzene rings is 1. The van der Waals surface area contributed by atoms with Crippen LogP contribution in [0.25, 0.3) is 0 Å². The Labute approximate surface area is 162 Å². The van der Waals surface area contributed by atoms with Gasteiger partial charge in [-0.15, -0.1) is 0 Å². The highest BCUT2D eigenvalue weighted by molar-refractivity contribution is 6.32. The highest BCUT2D eigenvalue weighted by Crippen LogP contribution is 2.22. The van der Waals surface area contributed by atoms with Crippen LogP contribution in [0.3, 0.4) is 0 Å². The molecule has 1 fully saturated rings. The lowest BCUT2D eigenvalue weighted by atomic mass is 10.2. The van der Waals surface area contributed by atoms with Gasteiger partial charge in [-0.25, -0.2) is 0 Å². The molecule has 6 heteroatoms. The first kappa shape index (κ1) is 21.0. The van der Waals surface area contributed by atoms with E-state index in [0.717, 1.165) is 38.5 Å². The number of halogens is 1. The van der Waals surface area contributed by atoms with Gasteiger partial charge in [0.05, 0.1) is 11.6 Å². The second-order valence-electron chi connectivity index (χ2n) is 7.39. The molecule has 0 N–H and O–H groups in total. The van der Waals surface area contributed by atoms with Crippen LogP contribution in [-0.2, 0) is 4.79 Å². The van der Waals surface area contributed by atoms with Crippen molar-refractivity contribution < 1.29 is 9.53 Å². The number of para-hydroxylation sites is 1. The predicted octanol–water partition coefficient (Wildman–Crippen LogP) is 2.98. The van der Waals surface area contributed by atoms with Gasteiger partial charge in [0.25, 0.3) is 0 Å². The number of hydrogen-bond acceptors (Lipinski definition) is 4. The molecule has 2 rings (SSSR count). The number of carbonyl (C=O) groups is 1. The molecule has 0 aromatic heterocycles. The lowest BCUT2D eigenvalue weighted by Gasteiger charge is -2.37. The third-order valence-corrected chi connectivity index (χ3v) is 5.04. The summed E-state index contributed by atoms with van der Waals surface area (Å²) in [6.45, 7) is 14.1. The SMILES string of the molecule is CC(C)N(C(=O)CN1CCN(CCOc2ccccc2Cl)CC1)C(C)C. The van der Waals surface area contributed by atoms with Crippen molar-refractivity contribution in [1.29, 1.82) is 0 Å². The summed E-state index contributed by atoms with van der Waals surface area (Å²) in [4.78, 5) is 19.2. The van der Waals surface area contributed by atoms with Crippen LogP contribution < -0.4 is 4.74 Å². The molecule has 146 valence electrons. The van der Waals surface area contributed by atoms with E-state index < -0.39 is 0 Å². The summed E-state index contributed by atoms with van der Waals surface area (Å²) < 4.78 is 5.77. The van der Waals surface area contributed by atoms with Gasteiger partial charge in [0.1, 0.15) is 12.4 Å². The van der Waals surface area contributed by atoms with Crippen LogP contribution in [0.1, 0.15) is 27.7 Å². The molecule has 0 saturated carbocycles. The summed E-state index contributed by atoms with van der Waals surface area (Å²) in [7, 11) is 0. The topological polar surface area (TPSA) is 36.0 Å². The van der Waals surface area contributed by atoms with E-state index in [2.05, 4.69) is 37.5 Å². The van der Waals surface area contributed by atoms with Crippen molar-refractivity contribution in [3.8, 4) is 5.75 Å². The first-order chi connectivity index (χ1) is 12.4. The Kier molecular flexibility index (Phi) is 8.19. The fourth-order valence-corrected chi connectivity index (χ4v) is 3.65. The van der Waals surface area contributed by atoms with Gasteiger partial charge in [0, 0.05) is 44.8 Å². The molecule has 0 bridgehead atoms. The Balaban J connectivity index is 1.70. The normalized spacial score (nSPS) is 16.3. The molecule has 0 unspecified atom stereocenters. The minimum atomic E-state index is 0.227. The molecular formula is C20H32ClN3O2. The van der Waals surface area contributed by atoms with Gasteiger partial charge in [0.15, 0.2) is 0 Å².